The number of rotatable bonds is 10. The molecule has 0 heterocycles. The third-order valence-corrected chi connectivity index (χ3v) is 6.95. The number of carboxylic acids is 1. The summed E-state index contributed by atoms with van der Waals surface area (Å²) in [5.74, 6) is -1.00. The molecule has 2 aromatic carbocycles. The summed E-state index contributed by atoms with van der Waals surface area (Å²) in [4.78, 5) is 35.7. The second-order valence-electron chi connectivity index (χ2n) is 9.52. The largest absolute Gasteiger partial charge is 0.481 e. The summed E-state index contributed by atoms with van der Waals surface area (Å²) < 4.78 is 5.58. The normalized spacial score (nSPS) is 16.5. The maximum absolute atomic E-state index is 12.4. The maximum Gasteiger partial charge on any atom is 0.407 e. The molecule has 180 valence electrons. The predicted molar refractivity (Wildman–Crippen MR) is 128 cm³/mol. The van der Waals surface area contributed by atoms with Crippen molar-refractivity contribution in [3.63, 3.8) is 0 Å². The minimum atomic E-state index is -0.888. The molecule has 3 N–H and O–H groups in total. The fourth-order valence-electron chi connectivity index (χ4n) is 5.08. The first-order valence-electron chi connectivity index (χ1n) is 12.0. The van der Waals surface area contributed by atoms with Crippen molar-refractivity contribution in [1.29, 1.82) is 0 Å². The lowest BCUT2D eigenvalue weighted by Gasteiger charge is -2.41. The van der Waals surface area contributed by atoms with Crippen molar-refractivity contribution in [3.8, 4) is 11.1 Å². The number of alkyl carbamates (subject to hydrolysis) is 1. The SMILES string of the molecule is CC(CCCC(=O)NC1(CC(=O)O)CCC1)NC(=O)OCC1c2ccccc2-c2ccccc21. The van der Waals surface area contributed by atoms with E-state index in [2.05, 4.69) is 34.9 Å². The molecule has 2 aliphatic carbocycles. The smallest absolute Gasteiger partial charge is 0.407 e. The van der Waals surface area contributed by atoms with Crippen LogP contribution in [0.3, 0.4) is 0 Å². The van der Waals surface area contributed by atoms with Crippen LogP contribution in [-0.2, 0) is 14.3 Å². The summed E-state index contributed by atoms with van der Waals surface area (Å²) in [5.41, 5.74) is 4.13. The van der Waals surface area contributed by atoms with Gasteiger partial charge in [0.25, 0.3) is 0 Å². The lowest BCUT2D eigenvalue weighted by Crippen LogP contribution is -2.54. The van der Waals surface area contributed by atoms with Crippen molar-refractivity contribution in [2.75, 3.05) is 6.61 Å². The number of hydrogen-bond acceptors (Lipinski definition) is 4. The van der Waals surface area contributed by atoms with Gasteiger partial charge < -0.3 is 20.5 Å². The van der Waals surface area contributed by atoms with E-state index in [4.69, 9.17) is 9.84 Å². The number of carbonyl (C=O) groups is 3. The quantitative estimate of drug-likeness (QED) is 0.477. The second-order valence-corrected chi connectivity index (χ2v) is 9.52. The minimum Gasteiger partial charge on any atom is -0.481 e. The number of nitrogens with one attached hydrogen (secondary N) is 2. The zero-order chi connectivity index (χ0) is 24.1. The molecule has 1 saturated carbocycles. The highest BCUT2D eigenvalue weighted by atomic mass is 16.5. The molecule has 34 heavy (non-hydrogen) atoms. The number of amides is 2. The second kappa shape index (κ2) is 10.3. The highest BCUT2D eigenvalue weighted by molar-refractivity contribution is 5.79. The average Bonchev–Trinajstić information content (AvgIpc) is 3.09. The fourth-order valence-corrected chi connectivity index (χ4v) is 5.08. The Kier molecular flexibility index (Phi) is 7.20. The molecule has 4 rings (SSSR count). The molecule has 0 radical (unpaired) electrons. The lowest BCUT2D eigenvalue weighted by atomic mass is 9.74. The molecule has 0 spiro atoms. The van der Waals surface area contributed by atoms with Gasteiger partial charge in [0, 0.05) is 18.4 Å². The number of benzene rings is 2. The van der Waals surface area contributed by atoms with Crippen LogP contribution in [0.1, 0.15) is 68.9 Å². The molecule has 0 aromatic heterocycles. The molecule has 2 amide bonds. The third-order valence-electron chi connectivity index (χ3n) is 6.95. The van der Waals surface area contributed by atoms with E-state index in [1.165, 1.54) is 22.3 Å². The third kappa shape index (κ3) is 5.41. The Morgan fingerprint density at radius 2 is 1.68 bits per heavy atom. The van der Waals surface area contributed by atoms with E-state index in [1.54, 1.807) is 0 Å². The van der Waals surface area contributed by atoms with Gasteiger partial charge in [-0.2, -0.15) is 0 Å². The van der Waals surface area contributed by atoms with Crippen LogP contribution in [0.25, 0.3) is 11.1 Å². The van der Waals surface area contributed by atoms with E-state index in [0.717, 1.165) is 6.42 Å². The number of aliphatic carboxylic acids is 1. The van der Waals surface area contributed by atoms with Crippen LogP contribution in [0.15, 0.2) is 48.5 Å². The van der Waals surface area contributed by atoms with Crippen molar-refractivity contribution < 1.29 is 24.2 Å². The minimum absolute atomic E-state index is 0.0155. The Morgan fingerprint density at radius 3 is 2.24 bits per heavy atom. The zero-order valence-corrected chi connectivity index (χ0v) is 19.5. The number of ether oxygens (including phenoxy) is 1. The molecule has 1 atom stereocenters. The summed E-state index contributed by atoms with van der Waals surface area (Å²) in [7, 11) is 0. The molecule has 0 bridgehead atoms. The molecule has 1 unspecified atom stereocenters. The van der Waals surface area contributed by atoms with Gasteiger partial charge in [0.2, 0.25) is 5.91 Å². The maximum atomic E-state index is 12.4. The first kappa shape index (κ1) is 23.8. The molecular formula is C27H32N2O5. The summed E-state index contributed by atoms with van der Waals surface area (Å²) in [5, 5.41) is 14.8. The monoisotopic (exact) mass is 464 g/mol. The summed E-state index contributed by atoms with van der Waals surface area (Å²) >= 11 is 0. The molecule has 0 saturated heterocycles. The van der Waals surface area contributed by atoms with Crippen LogP contribution < -0.4 is 10.6 Å². The summed E-state index contributed by atoms with van der Waals surface area (Å²) in [6.07, 6.45) is 3.40. The van der Waals surface area contributed by atoms with Crippen LogP contribution in [-0.4, -0.2) is 41.3 Å². The van der Waals surface area contributed by atoms with E-state index in [-0.39, 0.29) is 30.9 Å². The highest BCUT2D eigenvalue weighted by Gasteiger charge is 2.40. The van der Waals surface area contributed by atoms with Gasteiger partial charge in [-0.3, -0.25) is 9.59 Å². The molecule has 7 heteroatoms. The Labute approximate surface area is 199 Å². The first-order chi connectivity index (χ1) is 16.4. The van der Waals surface area contributed by atoms with E-state index in [9.17, 15) is 14.4 Å². The summed E-state index contributed by atoms with van der Waals surface area (Å²) in [6.45, 7) is 2.15. The fraction of sp³-hybridized carbons (Fsp3) is 0.444. The Balaban J connectivity index is 1.20. The highest BCUT2D eigenvalue weighted by Crippen LogP contribution is 2.44. The van der Waals surface area contributed by atoms with E-state index >= 15 is 0 Å². The van der Waals surface area contributed by atoms with Gasteiger partial charge in [0.1, 0.15) is 6.61 Å². The number of carboxylic acid groups (broad SMARTS) is 1. The molecule has 7 nitrogen and oxygen atoms in total. The standard InChI is InChI=1S/C27H32N2O5/c1-18(8-6-13-24(30)29-27(14-7-15-27)16-25(31)32)28-26(33)34-17-23-21-11-4-2-9-19(21)20-10-3-5-12-22(20)23/h2-5,9-12,18,23H,6-8,13-17H2,1H3,(H,28,33)(H,29,30)(H,31,32). The van der Waals surface area contributed by atoms with Crippen LogP contribution in [0.2, 0.25) is 0 Å². The van der Waals surface area contributed by atoms with Gasteiger partial charge in [0.15, 0.2) is 0 Å². The van der Waals surface area contributed by atoms with Crippen LogP contribution in [0.4, 0.5) is 4.79 Å². The zero-order valence-electron chi connectivity index (χ0n) is 19.5. The van der Waals surface area contributed by atoms with Gasteiger partial charge in [-0.15, -0.1) is 0 Å². The number of hydrogen-bond donors (Lipinski definition) is 3. The van der Waals surface area contributed by atoms with E-state index < -0.39 is 17.6 Å². The average molecular weight is 465 g/mol. The van der Waals surface area contributed by atoms with E-state index in [1.807, 2.05) is 31.2 Å². The molecule has 1 fully saturated rings. The van der Waals surface area contributed by atoms with E-state index in [0.29, 0.717) is 32.1 Å². The van der Waals surface area contributed by atoms with Crippen LogP contribution in [0, 0.1) is 0 Å². The number of fused-ring (bicyclic) bond motifs is 3. The van der Waals surface area contributed by atoms with Crippen molar-refractivity contribution in [3.05, 3.63) is 59.7 Å². The Morgan fingerprint density at radius 1 is 1.06 bits per heavy atom. The number of carbonyl (C=O) groups excluding carboxylic acids is 2. The van der Waals surface area contributed by atoms with Gasteiger partial charge in [0.05, 0.1) is 12.0 Å². The first-order valence-corrected chi connectivity index (χ1v) is 12.0. The van der Waals surface area contributed by atoms with Crippen LogP contribution >= 0.6 is 0 Å². The van der Waals surface area contributed by atoms with Gasteiger partial charge >= 0.3 is 12.1 Å². The van der Waals surface area contributed by atoms with Gasteiger partial charge in [-0.1, -0.05) is 48.5 Å². The molecular weight excluding hydrogens is 432 g/mol. The molecule has 2 aliphatic rings. The van der Waals surface area contributed by atoms with Crippen molar-refractivity contribution in [1.82, 2.24) is 10.6 Å². The Bertz CT molecular complexity index is 1020. The Hall–Kier alpha value is -3.35. The van der Waals surface area contributed by atoms with Crippen molar-refractivity contribution in [2.45, 2.75) is 69.4 Å². The van der Waals surface area contributed by atoms with Gasteiger partial charge in [-0.25, -0.2) is 4.79 Å². The van der Waals surface area contributed by atoms with Crippen LogP contribution in [0.5, 0.6) is 0 Å². The topological polar surface area (TPSA) is 105 Å². The molecule has 2 aromatic rings. The van der Waals surface area contributed by atoms with Crippen molar-refractivity contribution in [2.24, 2.45) is 0 Å². The predicted octanol–water partition coefficient (Wildman–Crippen LogP) is 4.60. The van der Waals surface area contributed by atoms with Gasteiger partial charge in [-0.05, 0) is 61.3 Å². The summed E-state index contributed by atoms with van der Waals surface area (Å²) in [6, 6.07) is 16.3. The molecule has 0 aliphatic heterocycles. The lowest BCUT2D eigenvalue weighted by molar-refractivity contribution is -0.140. The van der Waals surface area contributed by atoms with Crippen molar-refractivity contribution >= 4 is 18.0 Å².